The molecule has 0 spiro atoms. The lowest BCUT2D eigenvalue weighted by molar-refractivity contribution is -0.192. The molecule has 1 aliphatic heterocycles. The minimum atomic E-state index is -5.08. The van der Waals surface area contributed by atoms with Crippen LogP contribution in [0.2, 0.25) is 0 Å². The lowest BCUT2D eigenvalue weighted by atomic mass is 9.94. The van der Waals surface area contributed by atoms with Crippen molar-refractivity contribution in [3.8, 4) is 22.7 Å². The number of alkyl halides is 3. The van der Waals surface area contributed by atoms with Crippen LogP contribution in [-0.4, -0.2) is 50.6 Å². The maximum atomic E-state index is 10.6. The van der Waals surface area contributed by atoms with Crippen molar-refractivity contribution in [1.29, 1.82) is 0 Å². The number of nitrogens with zero attached hydrogens (tertiary/aromatic N) is 4. The zero-order valence-corrected chi connectivity index (χ0v) is 18.7. The molecule has 1 fully saturated rings. The third-order valence-electron chi connectivity index (χ3n) is 5.62. The fourth-order valence-corrected chi connectivity index (χ4v) is 3.78. The number of aryl methyl sites for hydroxylation is 1. The van der Waals surface area contributed by atoms with Gasteiger partial charge in [-0.2, -0.15) is 18.2 Å². The first kappa shape index (κ1) is 24.3. The van der Waals surface area contributed by atoms with Crippen molar-refractivity contribution in [3.63, 3.8) is 0 Å². The Balaban J connectivity index is 0.000000364. The van der Waals surface area contributed by atoms with Crippen molar-refractivity contribution < 1.29 is 32.1 Å². The number of rotatable bonds is 4. The number of halogens is 3. The minimum Gasteiger partial charge on any atom is -0.475 e. The van der Waals surface area contributed by atoms with Crippen LogP contribution >= 0.6 is 0 Å². The van der Waals surface area contributed by atoms with Crippen LogP contribution in [0.1, 0.15) is 24.2 Å². The normalized spacial score (nSPS) is 14.5. The van der Waals surface area contributed by atoms with Crippen LogP contribution in [-0.2, 0) is 11.2 Å². The second-order valence-electron chi connectivity index (χ2n) is 8.14. The van der Waals surface area contributed by atoms with Gasteiger partial charge in [0, 0.05) is 18.2 Å². The Morgan fingerprint density at radius 2 is 1.89 bits per heavy atom. The molecule has 35 heavy (non-hydrogen) atoms. The zero-order chi connectivity index (χ0) is 25.0. The van der Waals surface area contributed by atoms with Gasteiger partial charge in [-0.05, 0) is 50.4 Å². The number of nitrogens with one attached hydrogen (secondary N) is 1. The Labute approximate surface area is 197 Å². The number of carboxylic acids is 1. The van der Waals surface area contributed by atoms with E-state index in [0.717, 1.165) is 65.9 Å². The van der Waals surface area contributed by atoms with Gasteiger partial charge in [0.2, 0.25) is 0 Å². The summed E-state index contributed by atoms with van der Waals surface area (Å²) in [7, 11) is 0. The molecule has 184 valence electrons. The Bertz CT molecular complexity index is 1310. The molecule has 0 atom stereocenters. The molecule has 0 bridgehead atoms. The van der Waals surface area contributed by atoms with E-state index >= 15 is 0 Å². The second-order valence-corrected chi connectivity index (χ2v) is 8.14. The van der Waals surface area contributed by atoms with Gasteiger partial charge in [0.25, 0.3) is 11.6 Å². The first-order valence-corrected chi connectivity index (χ1v) is 10.9. The maximum Gasteiger partial charge on any atom is 0.490 e. The number of pyridine rings is 1. The molecule has 3 aromatic heterocycles. The van der Waals surface area contributed by atoms with Crippen LogP contribution in [0.4, 0.5) is 13.2 Å². The molecule has 1 aliphatic rings. The van der Waals surface area contributed by atoms with E-state index in [-0.39, 0.29) is 0 Å². The van der Waals surface area contributed by atoms with Crippen molar-refractivity contribution in [2.45, 2.75) is 32.4 Å². The van der Waals surface area contributed by atoms with Crippen LogP contribution in [0, 0.1) is 12.8 Å². The fraction of sp³-hybridized carbons (Fsp3) is 0.348. The van der Waals surface area contributed by atoms with Crippen LogP contribution in [0.25, 0.3) is 33.8 Å². The molecule has 4 heterocycles. The number of fused-ring (bicyclic) bond motifs is 1. The van der Waals surface area contributed by atoms with E-state index in [2.05, 4.69) is 38.6 Å². The topological polar surface area (TPSA) is 127 Å². The van der Waals surface area contributed by atoms with Gasteiger partial charge in [0.15, 0.2) is 5.82 Å². The summed E-state index contributed by atoms with van der Waals surface area (Å²) in [6.45, 7) is 4.18. The number of carbonyl (C=O) groups is 1. The fourth-order valence-electron chi connectivity index (χ4n) is 3.78. The van der Waals surface area contributed by atoms with Gasteiger partial charge in [-0.1, -0.05) is 34.6 Å². The highest BCUT2D eigenvalue weighted by Crippen LogP contribution is 2.31. The smallest absolute Gasteiger partial charge is 0.475 e. The Kier molecular flexibility index (Phi) is 7.10. The van der Waals surface area contributed by atoms with Crippen molar-refractivity contribution >= 4 is 17.1 Å². The molecule has 9 nitrogen and oxygen atoms in total. The highest BCUT2D eigenvalue weighted by molar-refractivity contribution is 5.92. The first-order chi connectivity index (χ1) is 16.7. The van der Waals surface area contributed by atoms with E-state index in [1.54, 1.807) is 6.20 Å². The summed E-state index contributed by atoms with van der Waals surface area (Å²) >= 11 is 0. The lowest BCUT2D eigenvalue weighted by Crippen LogP contribution is -2.28. The molecule has 5 rings (SSSR count). The number of aromatic nitrogens is 4. The number of aliphatic carboxylic acids is 1. The van der Waals surface area contributed by atoms with Crippen molar-refractivity contribution in [1.82, 2.24) is 25.6 Å². The van der Waals surface area contributed by atoms with Crippen LogP contribution in [0.15, 0.2) is 45.6 Å². The molecular formula is C23H22F3N5O4. The van der Waals surface area contributed by atoms with Crippen molar-refractivity contribution in [2.24, 2.45) is 5.92 Å². The third-order valence-corrected chi connectivity index (χ3v) is 5.62. The van der Waals surface area contributed by atoms with Gasteiger partial charge in [-0.25, -0.2) is 9.78 Å². The molecule has 0 saturated carbocycles. The van der Waals surface area contributed by atoms with E-state index in [4.69, 9.17) is 18.9 Å². The summed E-state index contributed by atoms with van der Waals surface area (Å²) in [4.78, 5) is 17.9. The molecule has 0 radical (unpaired) electrons. The highest BCUT2D eigenvalue weighted by Gasteiger charge is 2.38. The quantitative estimate of drug-likeness (QED) is 0.428. The Morgan fingerprint density at radius 1 is 1.17 bits per heavy atom. The molecule has 2 N–H and O–H groups in total. The van der Waals surface area contributed by atoms with Gasteiger partial charge in [0.05, 0.1) is 10.9 Å². The minimum absolute atomic E-state index is 0.482. The average molecular weight is 489 g/mol. The van der Waals surface area contributed by atoms with Crippen LogP contribution in [0.3, 0.4) is 0 Å². The number of hydrogen-bond acceptors (Lipinski definition) is 8. The van der Waals surface area contributed by atoms with Crippen molar-refractivity contribution in [2.75, 3.05) is 13.1 Å². The van der Waals surface area contributed by atoms with E-state index in [0.29, 0.717) is 17.5 Å². The van der Waals surface area contributed by atoms with Crippen molar-refractivity contribution in [3.05, 3.63) is 47.9 Å². The predicted molar refractivity (Wildman–Crippen MR) is 118 cm³/mol. The van der Waals surface area contributed by atoms with E-state index in [1.165, 1.54) is 0 Å². The third kappa shape index (κ3) is 5.83. The van der Waals surface area contributed by atoms with Gasteiger partial charge < -0.3 is 19.5 Å². The summed E-state index contributed by atoms with van der Waals surface area (Å²) in [5.74, 6) is -0.910. The molecule has 12 heteroatoms. The molecule has 0 amide bonds. The van der Waals surface area contributed by atoms with Gasteiger partial charge >= 0.3 is 12.1 Å². The Morgan fingerprint density at radius 3 is 2.57 bits per heavy atom. The summed E-state index contributed by atoms with van der Waals surface area (Å²) in [5.41, 5.74) is 4.20. The predicted octanol–water partition coefficient (Wildman–Crippen LogP) is 4.42. The summed E-state index contributed by atoms with van der Waals surface area (Å²) in [6.07, 6.45) is -0.241. The number of hydrogen-bond donors (Lipinski definition) is 2. The van der Waals surface area contributed by atoms with E-state index < -0.39 is 12.1 Å². The van der Waals surface area contributed by atoms with E-state index in [1.807, 2.05) is 24.3 Å². The molecule has 0 unspecified atom stereocenters. The summed E-state index contributed by atoms with van der Waals surface area (Å²) < 4.78 is 42.7. The monoisotopic (exact) mass is 489 g/mol. The largest absolute Gasteiger partial charge is 0.490 e. The zero-order valence-electron chi connectivity index (χ0n) is 18.7. The van der Waals surface area contributed by atoms with Crippen LogP contribution in [0.5, 0.6) is 0 Å². The van der Waals surface area contributed by atoms with Gasteiger partial charge in [-0.3, -0.25) is 0 Å². The molecular weight excluding hydrogens is 467 g/mol. The molecule has 1 saturated heterocycles. The van der Waals surface area contributed by atoms with E-state index in [9.17, 15) is 13.2 Å². The number of carboxylic acid groups (broad SMARTS) is 1. The average Bonchev–Trinajstić information content (AvgIpc) is 3.47. The second kappa shape index (κ2) is 10.2. The lowest BCUT2D eigenvalue weighted by Gasteiger charge is -2.20. The first-order valence-electron chi connectivity index (χ1n) is 10.9. The standard InChI is InChI=1S/C21H21N5O2.C2HF3O2/c1-13-4-2-3-5-16(13)19-17-11-15(12-23-21(17)28-26-19)20-24-18(25-27-20)10-14-6-8-22-9-7-14;3-2(4,5)1(6)7/h2-5,11-12,14,22H,6-10H2,1H3;(H,6,7). The number of benzene rings is 1. The molecule has 1 aromatic carbocycles. The van der Waals surface area contributed by atoms with Crippen LogP contribution < -0.4 is 5.32 Å². The summed E-state index contributed by atoms with van der Waals surface area (Å²) in [6, 6.07) is 10.0. The number of piperidine rings is 1. The van der Waals surface area contributed by atoms with Gasteiger partial charge in [0.1, 0.15) is 5.69 Å². The summed E-state index contributed by atoms with van der Waals surface area (Å²) in [5, 5.41) is 19.8. The maximum absolute atomic E-state index is 10.6. The van der Waals surface area contributed by atoms with Gasteiger partial charge in [-0.15, -0.1) is 0 Å². The Hall–Kier alpha value is -3.80. The highest BCUT2D eigenvalue weighted by atomic mass is 19.4. The molecule has 0 aliphatic carbocycles. The SMILES string of the molecule is Cc1ccccc1-c1noc2ncc(-c3nc(CC4CCNCC4)no3)cc12.O=C(O)C(F)(F)F. The molecule has 4 aromatic rings.